The number of carboxylic acids is 2. The molecule has 1 aliphatic heterocycles. The number of rotatable bonds is 6. The lowest BCUT2D eigenvalue weighted by atomic mass is 10.1. The van der Waals surface area contributed by atoms with E-state index in [0.29, 0.717) is 12.5 Å². The molecule has 0 saturated heterocycles. The van der Waals surface area contributed by atoms with Crippen LogP contribution in [-0.2, 0) is 16.0 Å². The van der Waals surface area contributed by atoms with Gasteiger partial charge in [-0.2, -0.15) is 4.37 Å². The Morgan fingerprint density at radius 2 is 1.86 bits per heavy atom. The number of carboxylic acid groups (broad SMARTS) is 2. The summed E-state index contributed by atoms with van der Waals surface area (Å²) >= 11 is 1.23. The van der Waals surface area contributed by atoms with E-state index >= 15 is 0 Å². The maximum absolute atomic E-state index is 9.10. The first kappa shape index (κ1) is 22.5. The van der Waals surface area contributed by atoms with Gasteiger partial charge in [0.25, 0.3) is 5.88 Å². The van der Waals surface area contributed by atoms with Crippen molar-refractivity contribution in [3.05, 3.63) is 47.2 Å². The highest BCUT2D eigenvalue weighted by molar-refractivity contribution is 6.99. The fraction of sp³-hybridized carbons (Fsp3) is 0.400. The molecule has 156 valence electrons. The number of carbonyl (C=O) groups is 2. The molecule has 0 unspecified atom stereocenters. The molecule has 0 aliphatic carbocycles. The Morgan fingerprint density at radius 1 is 1.17 bits per heavy atom. The van der Waals surface area contributed by atoms with E-state index in [-0.39, 0.29) is 0 Å². The molecule has 0 amide bonds. The van der Waals surface area contributed by atoms with Gasteiger partial charge in [0, 0.05) is 13.1 Å². The fourth-order valence-electron chi connectivity index (χ4n) is 2.74. The summed E-state index contributed by atoms with van der Waals surface area (Å²) in [5.41, 5.74) is 4.82. The summed E-state index contributed by atoms with van der Waals surface area (Å²) in [7, 11) is 2.13. The molecule has 0 fully saturated rings. The van der Waals surface area contributed by atoms with Crippen molar-refractivity contribution in [2.75, 3.05) is 26.7 Å². The van der Waals surface area contributed by atoms with Gasteiger partial charge in [-0.25, -0.2) is 9.59 Å². The number of aromatic nitrogens is 2. The van der Waals surface area contributed by atoms with Crippen molar-refractivity contribution in [1.29, 1.82) is 0 Å². The summed E-state index contributed by atoms with van der Waals surface area (Å²) in [6, 6.07) is 8.69. The molecule has 1 aromatic heterocycles. The number of benzene rings is 1. The number of hydrogen-bond donors (Lipinski definition) is 2. The van der Waals surface area contributed by atoms with Crippen LogP contribution in [0.4, 0.5) is 0 Å². The molecule has 0 spiro atoms. The molecule has 3 rings (SSSR count). The first-order chi connectivity index (χ1) is 13.9. The van der Waals surface area contributed by atoms with Crippen molar-refractivity contribution >= 4 is 29.2 Å². The van der Waals surface area contributed by atoms with Gasteiger partial charge in [0.15, 0.2) is 0 Å². The van der Waals surface area contributed by atoms with Crippen LogP contribution in [0.3, 0.4) is 0 Å². The monoisotopic (exact) mass is 419 g/mol. The van der Waals surface area contributed by atoms with Gasteiger partial charge in [-0.15, -0.1) is 4.37 Å². The maximum Gasteiger partial charge on any atom is 0.414 e. The number of ether oxygens (including phenoxy) is 1. The Balaban J connectivity index is 0.000000438. The molecule has 0 radical (unpaired) electrons. The molecule has 2 aromatic rings. The number of aryl methyl sites for hydroxylation is 2. The van der Waals surface area contributed by atoms with E-state index in [1.54, 1.807) is 0 Å². The third-order valence-electron chi connectivity index (χ3n) is 4.26. The summed E-state index contributed by atoms with van der Waals surface area (Å²) in [4.78, 5) is 20.5. The standard InChI is InChI=1S/C18H23N3OS.C2H2O4/c1-14-7-9-15(10-8-14)5-4-12-22-18-17(19-23-20-18)16-6-3-11-21(2)13-16;3-1(4)2(5)6/h6-10H,3-5,11-13H2,1-2H3;(H,3,4)(H,5,6). The van der Waals surface area contributed by atoms with E-state index in [2.05, 4.69) is 58.0 Å². The van der Waals surface area contributed by atoms with Gasteiger partial charge >= 0.3 is 11.9 Å². The third kappa shape index (κ3) is 7.63. The highest BCUT2D eigenvalue weighted by Gasteiger charge is 2.18. The van der Waals surface area contributed by atoms with Crippen LogP contribution in [0.2, 0.25) is 0 Å². The van der Waals surface area contributed by atoms with E-state index in [0.717, 1.165) is 38.0 Å². The van der Waals surface area contributed by atoms with Gasteiger partial charge in [-0.1, -0.05) is 35.9 Å². The van der Waals surface area contributed by atoms with Gasteiger partial charge in [-0.05, 0) is 44.4 Å². The summed E-state index contributed by atoms with van der Waals surface area (Å²) in [6.45, 7) is 4.81. The van der Waals surface area contributed by atoms with Gasteiger partial charge in [0.1, 0.15) is 5.69 Å². The minimum Gasteiger partial charge on any atom is -0.475 e. The summed E-state index contributed by atoms with van der Waals surface area (Å²) in [5.74, 6) is -2.95. The largest absolute Gasteiger partial charge is 0.475 e. The predicted molar refractivity (Wildman–Crippen MR) is 110 cm³/mol. The van der Waals surface area contributed by atoms with E-state index in [9.17, 15) is 0 Å². The lowest BCUT2D eigenvalue weighted by Crippen LogP contribution is -2.25. The smallest absolute Gasteiger partial charge is 0.414 e. The normalized spacial score (nSPS) is 13.8. The van der Waals surface area contributed by atoms with Crippen molar-refractivity contribution in [3.8, 4) is 5.88 Å². The summed E-state index contributed by atoms with van der Waals surface area (Å²) < 4.78 is 14.6. The Morgan fingerprint density at radius 3 is 2.48 bits per heavy atom. The lowest BCUT2D eigenvalue weighted by molar-refractivity contribution is -0.159. The molecular formula is C20H25N3O5S. The highest BCUT2D eigenvalue weighted by atomic mass is 32.1. The summed E-state index contributed by atoms with van der Waals surface area (Å²) in [5, 5.41) is 14.8. The molecule has 8 nitrogen and oxygen atoms in total. The fourth-order valence-corrected chi connectivity index (χ4v) is 3.27. The Hall–Kier alpha value is -2.78. The quantitative estimate of drug-likeness (QED) is 0.543. The topological polar surface area (TPSA) is 113 Å². The van der Waals surface area contributed by atoms with E-state index < -0.39 is 11.9 Å². The average molecular weight is 420 g/mol. The zero-order chi connectivity index (χ0) is 21.2. The number of likely N-dealkylation sites (N-methyl/N-ethyl adjacent to an activating group) is 1. The number of nitrogens with zero attached hydrogens (tertiary/aromatic N) is 3. The predicted octanol–water partition coefficient (Wildman–Crippen LogP) is 2.73. The molecule has 2 N–H and O–H groups in total. The molecule has 29 heavy (non-hydrogen) atoms. The average Bonchev–Trinajstić information content (AvgIpc) is 3.15. The molecular weight excluding hydrogens is 394 g/mol. The van der Waals surface area contributed by atoms with E-state index in [1.807, 2.05) is 0 Å². The van der Waals surface area contributed by atoms with Crippen molar-refractivity contribution in [1.82, 2.24) is 13.6 Å². The minimum atomic E-state index is -1.82. The van der Waals surface area contributed by atoms with Gasteiger partial charge < -0.3 is 19.8 Å². The summed E-state index contributed by atoms with van der Waals surface area (Å²) in [6.07, 6.45) is 5.34. The van der Waals surface area contributed by atoms with Crippen molar-refractivity contribution in [3.63, 3.8) is 0 Å². The second-order valence-corrected chi connectivity index (χ2v) is 7.25. The van der Waals surface area contributed by atoms with Gasteiger partial charge in [0.05, 0.1) is 18.3 Å². The Kier molecular flexibility index (Phi) is 8.75. The van der Waals surface area contributed by atoms with Gasteiger partial charge in [0.2, 0.25) is 0 Å². The maximum atomic E-state index is 9.10. The lowest BCUT2D eigenvalue weighted by Gasteiger charge is -2.22. The van der Waals surface area contributed by atoms with Crippen LogP contribution in [0.25, 0.3) is 5.57 Å². The molecule has 1 aliphatic rings. The second-order valence-electron chi connectivity index (χ2n) is 6.72. The van der Waals surface area contributed by atoms with E-state index in [4.69, 9.17) is 24.5 Å². The van der Waals surface area contributed by atoms with Crippen LogP contribution in [0, 0.1) is 6.92 Å². The van der Waals surface area contributed by atoms with Crippen LogP contribution < -0.4 is 4.74 Å². The van der Waals surface area contributed by atoms with Crippen LogP contribution >= 0.6 is 11.7 Å². The molecule has 9 heteroatoms. The Bertz CT molecular complexity index is 836. The van der Waals surface area contributed by atoms with Gasteiger partial charge in [-0.3, -0.25) is 0 Å². The van der Waals surface area contributed by atoms with Crippen LogP contribution in [0.5, 0.6) is 5.88 Å². The highest BCUT2D eigenvalue weighted by Crippen LogP contribution is 2.27. The number of hydrogen-bond acceptors (Lipinski definition) is 7. The van der Waals surface area contributed by atoms with Crippen molar-refractivity contribution < 1.29 is 24.5 Å². The minimum absolute atomic E-state index is 0.676. The molecule has 0 saturated carbocycles. The van der Waals surface area contributed by atoms with Crippen molar-refractivity contribution in [2.24, 2.45) is 0 Å². The second kappa shape index (κ2) is 11.3. The van der Waals surface area contributed by atoms with E-state index in [1.165, 1.54) is 28.4 Å². The molecule has 0 atom stereocenters. The zero-order valence-corrected chi connectivity index (χ0v) is 17.3. The van der Waals surface area contributed by atoms with Crippen molar-refractivity contribution in [2.45, 2.75) is 26.2 Å². The molecule has 2 heterocycles. The first-order valence-corrected chi connectivity index (χ1v) is 9.95. The molecule has 0 bridgehead atoms. The number of aliphatic carboxylic acids is 2. The Labute approximate surface area is 173 Å². The van der Waals surface area contributed by atoms with Crippen LogP contribution in [-0.4, -0.2) is 62.5 Å². The SMILES string of the molecule is Cc1ccc(CCCOc2nsnc2C2=CCCN(C)C2)cc1.O=C(O)C(=O)O. The van der Waals surface area contributed by atoms with Crippen LogP contribution in [0.15, 0.2) is 30.3 Å². The van der Waals surface area contributed by atoms with Crippen LogP contribution in [0.1, 0.15) is 29.7 Å². The zero-order valence-electron chi connectivity index (χ0n) is 16.5. The third-order valence-corrected chi connectivity index (χ3v) is 4.77. The first-order valence-electron chi connectivity index (χ1n) is 9.22. The molecule has 1 aromatic carbocycles.